The maximum absolute atomic E-state index is 14.2. The molecule has 2 aromatic rings. The van der Waals surface area contributed by atoms with Crippen LogP contribution >= 0.6 is 0 Å². The molecule has 1 fully saturated rings. The second-order valence-corrected chi connectivity index (χ2v) is 7.09. The van der Waals surface area contributed by atoms with E-state index in [0.717, 1.165) is 18.2 Å². The summed E-state index contributed by atoms with van der Waals surface area (Å²) in [4.78, 5) is 49.9. The monoisotopic (exact) mass is 399 g/mol. The summed E-state index contributed by atoms with van der Waals surface area (Å²) < 4.78 is 27.8. The van der Waals surface area contributed by atoms with Gasteiger partial charge in [0.05, 0.1) is 13.0 Å². The van der Waals surface area contributed by atoms with Gasteiger partial charge in [-0.25, -0.2) is 13.6 Å². The van der Waals surface area contributed by atoms with Crippen molar-refractivity contribution in [1.82, 2.24) is 10.2 Å². The van der Waals surface area contributed by atoms with Crippen molar-refractivity contribution in [2.24, 2.45) is 0 Å². The van der Waals surface area contributed by atoms with Crippen LogP contribution in [0.4, 0.5) is 19.3 Å². The molecule has 4 rings (SSSR count). The van der Waals surface area contributed by atoms with Crippen molar-refractivity contribution >= 4 is 29.3 Å². The first-order valence-electron chi connectivity index (χ1n) is 8.74. The van der Waals surface area contributed by atoms with Gasteiger partial charge in [0.25, 0.3) is 5.91 Å². The number of carbonyl (C=O) groups excluding carboxylic acids is 4. The Morgan fingerprint density at radius 2 is 1.90 bits per heavy atom. The standard InChI is InChI=1S/C20H15F2N3O4/c1-20(13-8-12(21)3-4-14(13)22)18(28)25(19(29)24-20)9-16(26)10-2-5-15-11(6-10)7-17(27)23-15/h2-6,8H,7,9H2,1H3,(H,23,27)(H,24,29)/t20-/m1/s1. The van der Waals surface area contributed by atoms with Crippen LogP contribution in [0.5, 0.6) is 0 Å². The van der Waals surface area contributed by atoms with Crippen LogP contribution in [-0.4, -0.2) is 35.1 Å². The number of fused-ring (bicyclic) bond motifs is 1. The normalized spacial score (nSPS) is 20.5. The summed E-state index contributed by atoms with van der Waals surface area (Å²) in [5.41, 5.74) is -0.683. The number of hydrogen-bond acceptors (Lipinski definition) is 4. The zero-order chi connectivity index (χ0) is 20.9. The van der Waals surface area contributed by atoms with E-state index < -0.39 is 41.4 Å². The molecule has 0 aromatic heterocycles. The summed E-state index contributed by atoms with van der Waals surface area (Å²) in [6.07, 6.45) is 0.135. The predicted molar refractivity (Wildman–Crippen MR) is 97.1 cm³/mol. The average Bonchev–Trinajstić information content (AvgIpc) is 3.14. The number of ketones is 1. The summed E-state index contributed by atoms with van der Waals surface area (Å²) in [5, 5.41) is 4.99. The quantitative estimate of drug-likeness (QED) is 0.608. The summed E-state index contributed by atoms with van der Waals surface area (Å²) >= 11 is 0. The van der Waals surface area contributed by atoms with Crippen molar-refractivity contribution in [1.29, 1.82) is 0 Å². The highest BCUT2D eigenvalue weighted by molar-refractivity contribution is 6.11. The highest BCUT2D eigenvalue weighted by atomic mass is 19.1. The van der Waals surface area contributed by atoms with E-state index in [-0.39, 0.29) is 23.5 Å². The zero-order valence-corrected chi connectivity index (χ0v) is 15.2. The summed E-state index contributed by atoms with van der Waals surface area (Å²) in [7, 11) is 0. The van der Waals surface area contributed by atoms with Gasteiger partial charge >= 0.3 is 6.03 Å². The van der Waals surface area contributed by atoms with Crippen LogP contribution in [-0.2, 0) is 21.5 Å². The number of carbonyl (C=O) groups is 4. The van der Waals surface area contributed by atoms with Crippen LogP contribution in [0.2, 0.25) is 0 Å². The van der Waals surface area contributed by atoms with Gasteiger partial charge in [-0.15, -0.1) is 0 Å². The average molecular weight is 399 g/mol. The smallest absolute Gasteiger partial charge is 0.325 e. The highest BCUT2D eigenvalue weighted by Gasteiger charge is 2.50. The maximum Gasteiger partial charge on any atom is 0.325 e. The van der Waals surface area contributed by atoms with Crippen molar-refractivity contribution in [3.63, 3.8) is 0 Å². The van der Waals surface area contributed by atoms with Crippen LogP contribution in [0.1, 0.15) is 28.4 Å². The molecular weight excluding hydrogens is 384 g/mol. The molecule has 9 heteroatoms. The molecule has 0 unspecified atom stereocenters. The lowest BCUT2D eigenvalue weighted by molar-refractivity contribution is -0.130. The van der Waals surface area contributed by atoms with E-state index in [2.05, 4.69) is 10.6 Å². The van der Waals surface area contributed by atoms with Crippen molar-refractivity contribution in [2.75, 3.05) is 11.9 Å². The fourth-order valence-corrected chi connectivity index (χ4v) is 3.54. The third-order valence-corrected chi connectivity index (χ3v) is 5.10. The van der Waals surface area contributed by atoms with Crippen molar-refractivity contribution in [3.8, 4) is 0 Å². The van der Waals surface area contributed by atoms with E-state index in [4.69, 9.17) is 0 Å². The topological polar surface area (TPSA) is 95.6 Å². The lowest BCUT2D eigenvalue weighted by atomic mass is 9.91. The lowest BCUT2D eigenvalue weighted by Gasteiger charge is -2.22. The molecule has 2 N–H and O–H groups in total. The molecule has 2 aromatic carbocycles. The molecule has 2 heterocycles. The van der Waals surface area contributed by atoms with Gasteiger partial charge in [0.2, 0.25) is 5.91 Å². The SMILES string of the molecule is C[C@]1(c2cc(F)ccc2F)NC(=O)N(CC(=O)c2ccc3c(c2)CC(=O)N3)C1=O. The minimum atomic E-state index is -1.84. The zero-order valence-electron chi connectivity index (χ0n) is 15.2. The Morgan fingerprint density at radius 3 is 2.66 bits per heavy atom. The molecule has 4 amide bonds. The van der Waals surface area contributed by atoms with Gasteiger partial charge in [0.1, 0.15) is 17.2 Å². The molecule has 0 spiro atoms. The molecule has 7 nitrogen and oxygen atoms in total. The van der Waals surface area contributed by atoms with Crippen molar-refractivity contribution in [2.45, 2.75) is 18.9 Å². The Kier molecular flexibility index (Phi) is 4.18. The Morgan fingerprint density at radius 1 is 1.14 bits per heavy atom. The van der Waals surface area contributed by atoms with Crippen molar-refractivity contribution in [3.05, 3.63) is 64.7 Å². The van der Waals surface area contributed by atoms with Gasteiger partial charge in [-0.3, -0.25) is 19.3 Å². The molecule has 1 saturated heterocycles. The number of hydrogen-bond donors (Lipinski definition) is 2. The minimum Gasteiger partial charge on any atom is -0.326 e. The number of urea groups is 1. The molecule has 1 atom stereocenters. The van der Waals surface area contributed by atoms with Crippen molar-refractivity contribution < 1.29 is 28.0 Å². The first-order valence-corrected chi connectivity index (χ1v) is 8.74. The number of nitrogens with one attached hydrogen (secondary N) is 2. The molecule has 0 saturated carbocycles. The van der Waals surface area contributed by atoms with E-state index in [9.17, 15) is 28.0 Å². The van der Waals surface area contributed by atoms with Crippen LogP contribution in [0, 0.1) is 11.6 Å². The molecule has 148 valence electrons. The fourth-order valence-electron chi connectivity index (χ4n) is 3.54. The van der Waals surface area contributed by atoms with Crippen LogP contribution < -0.4 is 10.6 Å². The number of amides is 4. The number of nitrogens with zero attached hydrogens (tertiary/aromatic N) is 1. The Hall–Kier alpha value is -3.62. The number of Topliss-reactive ketones (excluding diaryl/α,β-unsaturated/α-hetero) is 1. The van der Waals surface area contributed by atoms with Crippen LogP contribution in [0.3, 0.4) is 0 Å². The summed E-state index contributed by atoms with van der Waals surface area (Å²) in [6, 6.07) is 6.30. The first kappa shape index (κ1) is 18.7. The van der Waals surface area contributed by atoms with E-state index in [0.29, 0.717) is 16.2 Å². The molecule has 0 radical (unpaired) electrons. The summed E-state index contributed by atoms with van der Waals surface area (Å²) in [6.45, 7) is 0.680. The number of rotatable bonds is 4. The Balaban J connectivity index is 1.58. The second kappa shape index (κ2) is 6.47. The minimum absolute atomic E-state index is 0.135. The molecule has 2 aliphatic heterocycles. The summed E-state index contributed by atoms with van der Waals surface area (Å²) in [5.74, 6) is -3.20. The van der Waals surface area contributed by atoms with E-state index in [1.54, 1.807) is 6.07 Å². The van der Waals surface area contributed by atoms with Crippen LogP contribution in [0.15, 0.2) is 36.4 Å². The second-order valence-electron chi connectivity index (χ2n) is 7.09. The molecular formula is C20H15F2N3O4. The molecule has 0 bridgehead atoms. The van der Waals surface area contributed by atoms with Crippen LogP contribution in [0.25, 0.3) is 0 Å². The Bertz CT molecular complexity index is 1100. The molecule has 29 heavy (non-hydrogen) atoms. The lowest BCUT2D eigenvalue weighted by Crippen LogP contribution is -2.42. The largest absolute Gasteiger partial charge is 0.326 e. The number of halogens is 2. The third kappa shape index (κ3) is 3.04. The maximum atomic E-state index is 14.2. The van der Waals surface area contributed by atoms with E-state index >= 15 is 0 Å². The Labute approximate surface area is 163 Å². The van der Waals surface area contributed by atoms with E-state index in [1.807, 2.05) is 0 Å². The van der Waals surface area contributed by atoms with Gasteiger partial charge < -0.3 is 10.6 Å². The third-order valence-electron chi connectivity index (χ3n) is 5.10. The van der Waals surface area contributed by atoms with Gasteiger partial charge in [-0.05, 0) is 48.9 Å². The predicted octanol–water partition coefficient (Wildman–Crippen LogP) is 2.11. The first-order chi connectivity index (χ1) is 13.7. The number of benzene rings is 2. The van der Waals surface area contributed by atoms with Gasteiger partial charge in [-0.1, -0.05) is 0 Å². The van der Waals surface area contributed by atoms with Gasteiger partial charge in [0.15, 0.2) is 5.78 Å². The molecule has 0 aliphatic carbocycles. The van der Waals surface area contributed by atoms with Gasteiger partial charge in [0, 0.05) is 16.8 Å². The van der Waals surface area contributed by atoms with E-state index in [1.165, 1.54) is 19.1 Å². The number of anilines is 1. The molecule has 2 aliphatic rings. The number of imide groups is 1. The van der Waals surface area contributed by atoms with Gasteiger partial charge in [-0.2, -0.15) is 0 Å². The fraction of sp³-hybridized carbons (Fsp3) is 0.200. The highest BCUT2D eigenvalue weighted by Crippen LogP contribution is 2.31.